The molecule has 0 saturated carbocycles. The first-order valence-corrected chi connectivity index (χ1v) is 8.01. The van der Waals surface area contributed by atoms with Crippen LogP contribution in [0.4, 0.5) is 0 Å². The van der Waals surface area contributed by atoms with E-state index in [-0.39, 0.29) is 5.91 Å². The first kappa shape index (κ1) is 16.1. The summed E-state index contributed by atoms with van der Waals surface area (Å²) in [7, 11) is 1.64. The van der Waals surface area contributed by atoms with Gasteiger partial charge in [0.05, 0.1) is 12.5 Å². The largest absolute Gasteiger partial charge is 0.496 e. The predicted molar refractivity (Wildman–Crippen MR) is 96.2 cm³/mol. The Labute approximate surface area is 141 Å². The van der Waals surface area contributed by atoms with Gasteiger partial charge in [0.15, 0.2) is 0 Å². The molecule has 24 heavy (non-hydrogen) atoms. The number of rotatable bonds is 5. The van der Waals surface area contributed by atoms with Gasteiger partial charge < -0.3 is 15.0 Å². The first-order valence-electron chi connectivity index (χ1n) is 8.01. The Kier molecular flexibility index (Phi) is 4.30. The van der Waals surface area contributed by atoms with E-state index in [1.165, 1.54) is 0 Å². The molecule has 3 aromatic rings. The van der Waals surface area contributed by atoms with Crippen molar-refractivity contribution < 1.29 is 9.53 Å². The number of hydrogen-bond acceptors (Lipinski definition) is 2. The Morgan fingerprint density at radius 3 is 2.62 bits per heavy atom. The van der Waals surface area contributed by atoms with Crippen molar-refractivity contribution >= 4 is 16.8 Å². The van der Waals surface area contributed by atoms with Crippen molar-refractivity contribution in [2.45, 2.75) is 25.8 Å². The summed E-state index contributed by atoms with van der Waals surface area (Å²) in [6.07, 6.45) is 1.92. The van der Waals surface area contributed by atoms with Gasteiger partial charge in [-0.3, -0.25) is 4.79 Å². The van der Waals surface area contributed by atoms with Gasteiger partial charge in [-0.1, -0.05) is 36.4 Å². The van der Waals surface area contributed by atoms with Gasteiger partial charge >= 0.3 is 0 Å². The lowest BCUT2D eigenvalue weighted by Crippen LogP contribution is -2.39. The van der Waals surface area contributed by atoms with Crippen LogP contribution in [0.2, 0.25) is 0 Å². The Hall–Kier alpha value is -2.75. The third-order valence-electron chi connectivity index (χ3n) is 4.46. The molecule has 0 unspecified atom stereocenters. The molecule has 2 N–H and O–H groups in total. The summed E-state index contributed by atoms with van der Waals surface area (Å²) in [6.45, 7) is 4.33. The van der Waals surface area contributed by atoms with Crippen LogP contribution in [-0.2, 0) is 16.8 Å². The second kappa shape index (κ2) is 6.40. The average molecular weight is 322 g/mol. The molecule has 2 aromatic carbocycles. The number of carbonyl (C=O) groups excluding carboxylic acids is 1. The summed E-state index contributed by atoms with van der Waals surface area (Å²) in [6, 6.07) is 15.7. The van der Waals surface area contributed by atoms with Gasteiger partial charge in [-0.05, 0) is 31.5 Å². The topological polar surface area (TPSA) is 54.1 Å². The SMILES string of the molecule is COc1ccccc1CNC(=O)C(C)(C)c1c[nH]c2ccccc12. The minimum absolute atomic E-state index is 0.0156. The molecule has 0 radical (unpaired) electrons. The molecule has 1 amide bonds. The van der Waals surface area contributed by atoms with Crippen LogP contribution in [0.25, 0.3) is 10.9 Å². The summed E-state index contributed by atoms with van der Waals surface area (Å²) in [5.74, 6) is 0.765. The quantitative estimate of drug-likeness (QED) is 0.751. The number of aromatic nitrogens is 1. The molecule has 0 spiro atoms. The van der Waals surface area contributed by atoms with E-state index >= 15 is 0 Å². The fourth-order valence-corrected chi connectivity index (χ4v) is 2.96. The molecule has 4 heteroatoms. The average Bonchev–Trinajstić information content (AvgIpc) is 3.04. The van der Waals surface area contributed by atoms with Crippen LogP contribution in [0, 0.1) is 0 Å². The lowest BCUT2D eigenvalue weighted by atomic mass is 9.83. The maximum atomic E-state index is 12.8. The highest BCUT2D eigenvalue weighted by Crippen LogP contribution is 2.30. The second-order valence-corrected chi connectivity index (χ2v) is 6.37. The van der Waals surface area contributed by atoms with Gasteiger partial charge in [0.2, 0.25) is 5.91 Å². The zero-order valence-corrected chi connectivity index (χ0v) is 14.2. The third-order valence-corrected chi connectivity index (χ3v) is 4.46. The minimum atomic E-state index is -0.637. The van der Waals surface area contributed by atoms with Crippen molar-refractivity contribution in [1.29, 1.82) is 0 Å². The molecule has 0 bridgehead atoms. The minimum Gasteiger partial charge on any atom is -0.496 e. The van der Waals surface area contributed by atoms with Crippen molar-refractivity contribution in [2.24, 2.45) is 0 Å². The number of ether oxygens (including phenoxy) is 1. The Bertz CT molecular complexity index is 865. The second-order valence-electron chi connectivity index (χ2n) is 6.37. The molecule has 124 valence electrons. The molecule has 1 heterocycles. The van der Waals surface area contributed by atoms with Gasteiger partial charge in [0, 0.05) is 29.2 Å². The van der Waals surface area contributed by atoms with Crippen molar-refractivity contribution in [3.8, 4) is 5.75 Å². The lowest BCUT2D eigenvalue weighted by Gasteiger charge is -2.23. The predicted octanol–water partition coefficient (Wildman–Crippen LogP) is 3.77. The van der Waals surface area contributed by atoms with Crippen molar-refractivity contribution in [3.63, 3.8) is 0 Å². The number of benzene rings is 2. The van der Waals surface area contributed by atoms with E-state index in [2.05, 4.69) is 10.3 Å². The summed E-state index contributed by atoms with van der Waals surface area (Å²) in [4.78, 5) is 16.1. The molecular formula is C20H22N2O2. The van der Waals surface area contributed by atoms with Crippen molar-refractivity contribution in [2.75, 3.05) is 7.11 Å². The molecule has 0 aliphatic rings. The Morgan fingerprint density at radius 2 is 1.83 bits per heavy atom. The normalized spacial score (nSPS) is 11.5. The van der Waals surface area contributed by atoms with E-state index in [1.54, 1.807) is 7.11 Å². The number of para-hydroxylation sites is 2. The van der Waals surface area contributed by atoms with Gasteiger partial charge in [-0.2, -0.15) is 0 Å². The molecule has 1 aromatic heterocycles. The summed E-state index contributed by atoms with van der Waals surface area (Å²) >= 11 is 0. The van der Waals surface area contributed by atoms with Gasteiger partial charge in [0.1, 0.15) is 5.75 Å². The molecule has 0 fully saturated rings. The van der Waals surface area contributed by atoms with Gasteiger partial charge in [-0.15, -0.1) is 0 Å². The smallest absolute Gasteiger partial charge is 0.230 e. The van der Waals surface area contributed by atoms with E-state index in [0.717, 1.165) is 27.8 Å². The highest BCUT2D eigenvalue weighted by atomic mass is 16.5. The number of carbonyl (C=O) groups is 1. The molecular weight excluding hydrogens is 300 g/mol. The van der Waals surface area contributed by atoms with Crippen LogP contribution < -0.4 is 10.1 Å². The number of fused-ring (bicyclic) bond motifs is 1. The van der Waals surface area contributed by atoms with E-state index < -0.39 is 5.41 Å². The fraction of sp³-hybridized carbons (Fsp3) is 0.250. The standard InChI is InChI=1S/C20H22N2O2/c1-20(2,16-13-21-17-10-6-5-9-15(16)17)19(23)22-12-14-8-4-7-11-18(14)24-3/h4-11,13,21H,12H2,1-3H3,(H,22,23). The van der Waals surface area contributed by atoms with Crippen LogP contribution in [0.3, 0.4) is 0 Å². The van der Waals surface area contributed by atoms with Crippen LogP contribution in [0.5, 0.6) is 5.75 Å². The summed E-state index contributed by atoms with van der Waals surface area (Å²) < 4.78 is 5.34. The zero-order valence-electron chi connectivity index (χ0n) is 14.2. The monoisotopic (exact) mass is 322 g/mol. The highest BCUT2D eigenvalue weighted by molar-refractivity contribution is 5.94. The number of H-pyrrole nitrogens is 1. The van der Waals surface area contributed by atoms with Crippen molar-refractivity contribution in [1.82, 2.24) is 10.3 Å². The van der Waals surface area contributed by atoms with E-state index in [0.29, 0.717) is 6.54 Å². The summed E-state index contributed by atoms with van der Waals surface area (Å²) in [5, 5.41) is 4.11. The Morgan fingerprint density at radius 1 is 1.12 bits per heavy atom. The fourth-order valence-electron chi connectivity index (χ4n) is 2.96. The number of aromatic amines is 1. The molecule has 4 nitrogen and oxygen atoms in total. The molecule has 0 saturated heterocycles. The lowest BCUT2D eigenvalue weighted by molar-refractivity contribution is -0.125. The van der Waals surface area contributed by atoms with Crippen LogP contribution in [0.1, 0.15) is 25.0 Å². The first-order chi connectivity index (χ1) is 11.5. The van der Waals surface area contributed by atoms with Gasteiger partial charge in [-0.25, -0.2) is 0 Å². The van der Waals surface area contributed by atoms with Crippen LogP contribution >= 0.6 is 0 Å². The zero-order chi connectivity index (χ0) is 17.2. The number of hydrogen-bond donors (Lipinski definition) is 2. The third kappa shape index (κ3) is 2.87. The highest BCUT2D eigenvalue weighted by Gasteiger charge is 2.32. The maximum Gasteiger partial charge on any atom is 0.230 e. The Balaban J connectivity index is 1.81. The molecule has 0 atom stereocenters. The van der Waals surface area contributed by atoms with Crippen molar-refractivity contribution in [3.05, 3.63) is 65.9 Å². The molecule has 3 rings (SSSR count). The molecule has 0 aliphatic carbocycles. The number of amides is 1. The van der Waals surface area contributed by atoms with Crippen LogP contribution in [0.15, 0.2) is 54.7 Å². The van der Waals surface area contributed by atoms with E-state index in [9.17, 15) is 4.79 Å². The van der Waals surface area contributed by atoms with Crippen LogP contribution in [-0.4, -0.2) is 18.0 Å². The maximum absolute atomic E-state index is 12.8. The number of methoxy groups -OCH3 is 1. The molecule has 0 aliphatic heterocycles. The number of nitrogens with one attached hydrogen (secondary N) is 2. The van der Waals surface area contributed by atoms with Gasteiger partial charge in [0.25, 0.3) is 0 Å². The van der Waals surface area contributed by atoms with E-state index in [4.69, 9.17) is 4.74 Å². The van der Waals surface area contributed by atoms with E-state index in [1.807, 2.05) is 68.6 Å². The summed E-state index contributed by atoms with van der Waals surface area (Å²) in [5.41, 5.74) is 2.36.